The van der Waals surface area contributed by atoms with E-state index in [1.807, 2.05) is 37.3 Å². The first kappa shape index (κ1) is 10.4. The number of pyridine rings is 1. The van der Waals surface area contributed by atoms with Gasteiger partial charge in [-0.05, 0) is 36.8 Å². The maximum absolute atomic E-state index is 10.4. The van der Waals surface area contributed by atoms with Crippen molar-refractivity contribution in [1.29, 1.82) is 0 Å². The Bertz CT molecular complexity index is 573. The summed E-state index contributed by atoms with van der Waals surface area (Å²) in [4.78, 5) is 14.8. The molecule has 0 amide bonds. The fourth-order valence-electron chi connectivity index (χ4n) is 1.52. The first-order valence-corrected chi connectivity index (χ1v) is 4.93. The van der Waals surface area contributed by atoms with Gasteiger partial charge in [-0.1, -0.05) is 12.1 Å². The van der Waals surface area contributed by atoms with Gasteiger partial charge >= 0.3 is 5.97 Å². The van der Waals surface area contributed by atoms with Crippen LogP contribution in [0.3, 0.4) is 0 Å². The molecular formula is C13H11NO2. The number of nitrogens with zero attached hydrogens (tertiary/aromatic N) is 1. The lowest BCUT2D eigenvalue weighted by Crippen LogP contribution is -1.86. The van der Waals surface area contributed by atoms with Gasteiger partial charge in [-0.3, -0.25) is 4.98 Å². The van der Waals surface area contributed by atoms with Crippen molar-refractivity contribution in [2.24, 2.45) is 0 Å². The van der Waals surface area contributed by atoms with E-state index in [0.717, 1.165) is 28.2 Å². The van der Waals surface area contributed by atoms with Crippen molar-refractivity contribution < 1.29 is 9.90 Å². The number of benzene rings is 1. The van der Waals surface area contributed by atoms with E-state index in [1.54, 1.807) is 6.08 Å². The number of carboxylic acid groups (broad SMARTS) is 1. The average Bonchev–Trinajstić information content (AvgIpc) is 2.26. The van der Waals surface area contributed by atoms with Crippen LogP contribution in [0.1, 0.15) is 11.3 Å². The Morgan fingerprint density at radius 3 is 2.88 bits per heavy atom. The summed E-state index contributed by atoms with van der Waals surface area (Å²) in [6.45, 7) is 1.94. The Balaban J connectivity index is 2.44. The van der Waals surface area contributed by atoms with Gasteiger partial charge in [0.05, 0.1) is 5.52 Å². The molecule has 0 saturated heterocycles. The number of hydrogen-bond donors (Lipinski definition) is 1. The van der Waals surface area contributed by atoms with Crippen LogP contribution in [-0.2, 0) is 4.79 Å². The van der Waals surface area contributed by atoms with E-state index >= 15 is 0 Å². The minimum Gasteiger partial charge on any atom is -0.478 e. The van der Waals surface area contributed by atoms with E-state index in [-0.39, 0.29) is 0 Å². The van der Waals surface area contributed by atoms with E-state index in [2.05, 4.69) is 4.98 Å². The lowest BCUT2D eigenvalue weighted by atomic mass is 10.1. The van der Waals surface area contributed by atoms with Gasteiger partial charge in [0.25, 0.3) is 0 Å². The first-order chi connectivity index (χ1) is 7.65. The predicted octanol–water partition coefficient (Wildman–Crippen LogP) is 2.64. The van der Waals surface area contributed by atoms with E-state index in [0.29, 0.717) is 0 Å². The van der Waals surface area contributed by atoms with E-state index in [9.17, 15) is 4.79 Å². The summed E-state index contributed by atoms with van der Waals surface area (Å²) in [6.07, 6.45) is 2.70. The second-order valence-electron chi connectivity index (χ2n) is 3.58. The van der Waals surface area contributed by atoms with E-state index < -0.39 is 5.97 Å². The summed E-state index contributed by atoms with van der Waals surface area (Å²) >= 11 is 0. The van der Waals surface area contributed by atoms with Crippen molar-refractivity contribution in [3.05, 3.63) is 47.7 Å². The van der Waals surface area contributed by atoms with Crippen LogP contribution in [0, 0.1) is 6.92 Å². The second-order valence-corrected chi connectivity index (χ2v) is 3.58. The number of aliphatic carboxylic acids is 1. The van der Waals surface area contributed by atoms with Crippen LogP contribution in [0.15, 0.2) is 36.4 Å². The van der Waals surface area contributed by atoms with Gasteiger partial charge in [-0.2, -0.15) is 0 Å². The molecule has 0 fully saturated rings. The van der Waals surface area contributed by atoms with Crippen molar-refractivity contribution >= 4 is 22.9 Å². The molecule has 3 nitrogen and oxygen atoms in total. The molecule has 0 spiro atoms. The van der Waals surface area contributed by atoms with Crippen LogP contribution < -0.4 is 0 Å². The average molecular weight is 213 g/mol. The van der Waals surface area contributed by atoms with Crippen LogP contribution >= 0.6 is 0 Å². The van der Waals surface area contributed by atoms with Crippen molar-refractivity contribution in [2.75, 3.05) is 0 Å². The number of aryl methyl sites for hydroxylation is 1. The normalized spacial score (nSPS) is 11.1. The monoisotopic (exact) mass is 213 g/mol. The summed E-state index contributed by atoms with van der Waals surface area (Å²) in [6, 6.07) is 9.59. The van der Waals surface area contributed by atoms with Gasteiger partial charge in [0.15, 0.2) is 0 Å². The third-order valence-electron chi connectivity index (χ3n) is 2.27. The molecule has 1 aromatic heterocycles. The van der Waals surface area contributed by atoms with Crippen LogP contribution in [0.25, 0.3) is 17.0 Å². The largest absolute Gasteiger partial charge is 0.478 e. The Morgan fingerprint density at radius 1 is 1.31 bits per heavy atom. The topological polar surface area (TPSA) is 50.2 Å². The molecule has 0 aliphatic heterocycles. The highest BCUT2D eigenvalue weighted by atomic mass is 16.4. The SMILES string of the molecule is Cc1ccc2cc(/C=C/C(=O)O)ccc2n1. The fraction of sp³-hybridized carbons (Fsp3) is 0.0769. The summed E-state index contributed by atoms with van der Waals surface area (Å²) in [7, 11) is 0. The van der Waals surface area contributed by atoms with E-state index in [1.165, 1.54) is 0 Å². The molecule has 0 bridgehead atoms. The number of carbonyl (C=O) groups is 1. The molecular weight excluding hydrogens is 202 g/mol. The summed E-state index contributed by atoms with van der Waals surface area (Å²) in [5.74, 6) is -0.942. The van der Waals surface area contributed by atoms with Gasteiger partial charge in [-0.15, -0.1) is 0 Å². The maximum Gasteiger partial charge on any atom is 0.328 e. The molecule has 1 heterocycles. The molecule has 0 saturated carbocycles. The van der Waals surface area contributed by atoms with Crippen LogP contribution in [0.5, 0.6) is 0 Å². The van der Waals surface area contributed by atoms with Gasteiger partial charge in [0, 0.05) is 17.2 Å². The highest BCUT2D eigenvalue weighted by Crippen LogP contribution is 2.15. The van der Waals surface area contributed by atoms with E-state index in [4.69, 9.17) is 5.11 Å². The van der Waals surface area contributed by atoms with Gasteiger partial charge in [-0.25, -0.2) is 4.79 Å². The third-order valence-corrected chi connectivity index (χ3v) is 2.27. The van der Waals surface area contributed by atoms with Crippen molar-refractivity contribution in [2.45, 2.75) is 6.92 Å². The van der Waals surface area contributed by atoms with Crippen molar-refractivity contribution in [3.63, 3.8) is 0 Å². The third kappa shape index (κ3) is 2.25. The highest BCUT2D eigenvalue weighted by molar-refractivity contribution is 5.87. The zero-order chi connectivity index (χ0) is 11.5. The van der Waals surface area contributed by atoms with Gasteiger partial charge in [0.2, 0.25) is 0 Å². The van der Waals surface area contributed by atoms with Crippen molar-refractivity contribution in [1.82, 2.24) is 4.98 Å². The molecule has 2 rings (SSSR count). The molecule has 0 aliphatic rings. The number of rotatable bonds is 2. The minimum atomic E-state index is -0.942. The Kier molecular flexibility index (Phi) is 2.68. The van der Waals surface area contributed by atoms with Crippen LogP contribution in [0.4, 0.5) is 0 Å². The van der Waals surface area contributed by atoms with Crippen LogP contribution in [0.2, 0.25) is 0 Å². The lowest BCUT2D eigenvalue weighted by molar-refractivity contribution is -0.131. The fourth-order valence-corrected chi connectivity index (χ4v) is 1.52. The molecule has 0 atom stereocenters. The van der Waals surface area contributed by atoms with Crippen molar-refractivity contribution in [3.8, 4) is 0 Å². The zero-order valence-electron chi connectivity index (χ0n) is 8.84. The van der Waals surface area contributed by atoms with Crippen LogP contribution in [-0.4, -0.2) is 16.1 Å². The molecule has 0 aliphatic carbocycles. The maximum atomic E-state index is 10.4. The molecule has 3 heteroatoms. The molecule has 80 valence electrons. The lowest BCUT2D eigenvalue weighted by Gasteiger charge is -2.00. The summed E-state index contributed by atoms with van der Waals surface area (Å²) < 4.78 is 0. The van der Waals surface area contributed by atoms with Gasteiger partial charge in [0.1, 0.15) is 0 Å². The molecule has 16 heavy (non-hydrogen) atoms. The highest BCUT2D eigenvalue weighted by Gasteiger charge is 1.96. The minimum absolute atomic E-state index is 0.862. The number of aromatic nitrogens is 1. The molecule has 0 unspecified atom stereocenters. The zero-order valence-corrected chi connectivity index (χ0v) is 8.84. The second kappa shape index (κ2) is 4.14. The standard InChI is InChI=1S/C13H11NO2/c1-9-2-5-11-8-10(4-7-13(15)16)3-6-12(11)14-9/h2-8H,1H3,(H,15,16)/b7-4+. The first-order valence-electron chi connectivity index (χ1n) is 4.93. The summed E-state index contributed by atoms with van der Waals surface area (Å²) in [5, 5.41) is 9.54. The Hall–Kier alpha value is -2.16. The smallest absolute Gasteiger partial charge is 0.328 e. The number of carboxylic acids is 1. The molecule has 1 N–H and O–H groups in total. The molecule has 0 radical (unpaired) electrons. The summed E-state index contributed by atoms with van der Waals surface area (Å²) in [5.41, 5.74) is 2.76. The number of fused-ring (bicyclic) bond motifs is 1. The molecule has 1 aromatic carbocycles. The van der Waals surface area contributed by atoms with Gasteiger partial charge < -0.3 is 5.11 Å². The molecule has 2 aromatic rings. The Labute approximate surface area is 93.1 Å². The Morgan fingerprint density at radius 2 is 2.12 bits per heavy atom. The quantitative estimate of drug-likeness (QED) is 0.780. The predicted molar refractivity (Wildman–Crippen MR) is 63.1 cm³/mol. The number of hydrogen-bond acceptors (Lipinski definition) is 2.